The molecule has 2 saturated heterocycles. The Morgan fingerprint density at radius 3 is 2.83 bits per heavy atom. The predicted molar refractivity (Wildman–Crippen MR) is 86.5 cm³/mol. The van der Waals surface area contributed by atoms with Crippen LogP contribution in [0.25, 0.3) is 0 Å². The van der Waals surface area contributed by atoms with Gasteiger partial charge in [0.05, 0.1) is 19.3 Å². The zero-order chi connectivity index (χ0) is 15.9. The van der Waals surface area contributed by atoms with Crippen molar-refractivity contribution in [2.45, 2.75) is 25.5 Å². The minimum absolute atomic E-state index is 0.162. The third kappa shape index (κ3) is 4.80. The number of hydrogen-bond acceptors (Lipinski definition) is 5. The average molecular weight is 320 g/mol. The number of nitrogens with zero attached hydrogens (tertiary/aromatic N) is 2. The van der Waals surface area contributed by atoms with Gasteiger partial charge >= 0.3 is 6.03 Å². The highest BCUT2D eigenvalue weighted by molar-refractivity contribution is 5.73. The van der Waals surface area contributed by atoms with Gasteiger partial charge in [0, 0.05) is 39.0 Å². The predicted octanol–water partition coefficient (Wildman–Crippen LogP) is 0.896. The minimum atomic E-state index is -0.169. The summed E-state index contributed by atoms with van der Waals surface area (Å²) in [6, 6.07) is 3.82. The van der Waals surface area contributed by atoms with E-state index in [1.165, 1.54) is 0 Å². The lowest BCUT2D eigenvalue weighted by atomic mass is 10.2. The van der Waals surface area contributed by atoms with Gasteiger partial charge in [-0.15, -0.1) is 0 Å². The molecule has 23 heavy (non-hydrogen) atoms. The molecule has 7 heteroatoms. The van der Waals surface area contributed by atoms with Crippen molar-refractivity contribution in [3.63, 3.8) is 0 Å². The van der Waals surface area contributed by atoms with Crippen LogP contribution in [0.3, 0.4) is 0 Å². The molecule has 126 valence electrons. The minimum Gasteiger partial charge on any atom is -0.378 e. The molecule has 0 aliphatic carbocycles. The van der Waals surface area contributed by atoms with Crippen molar-refractivity contribution >= 4 is 11.8 Å². The number of carbonyl (C=O) groups excluding carboxylic acids is 1. The van der Waals surface area contributed by atoms with Crippen molar-refractivity contribution in [2.24, 2.45) is 0 Å². The molecule has 2 fully saturated rings. The monoisotopic (exact) mass is 320 g/mol. The summed E-state index contributed by atoms with van der Waals surface area (Å²) in [6.45, 7) is 5.07. The summed E-state index contributed by atoms with van der Waals surface area (Å²) in [5.74, 6) is 0.958. The third-order valence-corrected chi connectivity index (χ3v) is 4.11. The Morgan fingerprint density at radius 2 is 2.13 bits per heavy atom. The molecule has 2 amide bonds. The van der Waals surface area contributed by atoms with Gasteiger partial charge in [0.2, 0.25) is 0 Å². The van der Waals surface area contributed by atoms with E-state index >= 15 is 0 Å². The number of pyridine rings is 1. The summed E-state index contributed by atoms with van der Waals surface area (Å²) >= 11 is 0. The molecule has 1 aromatic rings. The Labute approximate surface area is 136 Å². The molecule has 0 bridgehead atoms. The van der Waals surface area contributed by atoms with Gasteiger partial charge in [-0.3, -0.25) is 0 Å². The van der Waals surface area contributed by atoms with Crippen molar-refractivity contribution < 1.29 is 14.3 Å². The molecule has 1 atom stereocenters. The van der Waals surface area contributed by atoms with E-state index in [1.807, 2.05) is 18.3 Å². The number of nitrogens with one attached hydrogen (secondary N) is 2. The van der Waals surface area contributed by atoms with E-state index in [-0.39, 0.29) is 12.1 Å². The molecule has 0 saturated carbocycles. The molecule has 3 heterocycles. The second kappa shape index (κ2) is 8.12. The summed E-state index contributed by atoms with van der Waals surface area (Å²) < 4.78 is 10.8. The number of urea groups is 1. The van der Waals surface area contributed by atoms with Crippen LogP contribution in [-0.4, -0.2) is 56.6 Å². The number of carbonyl (C=O) groups is 1. The number of anilines is 1. The maximum atomic E-state index is 11.8. The van der Waals surface area contributed by atoms with E-state index < -0.39 is 0 Å². The Balaban J connectivity index is 1.40. The van der Waals surface area contributed by atoms with Crippen molar-refractivity contribution in [3.8, 4) is 0 Å². The first-order valence-electron chi connectivity index (χ1n) is 8.22. The van der Waals surface area contributed by atoms with Gasteiger partial charge < -0.3 is 25.0 Å². The Hall–Kier alpha value is -1.86. The lowest BCUT2D eigenvalue weighted by Gasteiger charge is -2.27. The first kappa shape index (κ1) is 16.0. The Bertz CT molecular complexity index is 497. The third-order valence-electron chi connectivity index (χ3n) is 4.11. The van der Waals surface area contributed by atoms with Crippen LogP contribution >= 0.6 is 0 Å². The van der Waals surface area contributed by atoms with Gasteiger partial charge in [-0.1, -0.05) is 6.07 Å². The largest absolute Gasteiger partial charge is 0.378 e. The van der Waals surface area contributed by atoms with Crippen LogP contribution in [0, 0.1) is 0 Å². The SMILES string of the molecule is O=C(NCc1ccc(N2CCOCC2)nc1)NC[C@@H]1CCCO1. The second-order valence-electron chi connectivity index (χ2n) is 5.82. The summed E-state index contributed by atoms with van der Waals surface area (Å²) in [5.41, 5.74) is 0.981. The van der Waals surface area contributed by atoms with E-state index in [0.717, 1.165) is 57.1 Å². The highest BCUT2D eigenvalue weighted by Crippen LogP contribution is 2.13. The smallest absolute Gasteiger partial charge is 0.315 e. The van der Waals surface area contributed by atoms with Gasteiger partial charge in [0.1, 0.15) is 5.82 Å². The molecule has 7 nitrogen and oxygen atoms in total. The van der Waals surface area contributed by atoms with E-state index in [4.69, 9.17) is 9.47 Å². The van der Waals surface area contributed by atoms with Gasteiger partial charge in [-0.25, -0.2) is 9.78 Å². The molecule has 0 radical (unpaired) electrons. The molecular weight excluding hydrogens is 296 g/mol. The van der Waals surface area contributed by atoms with E-state index in [2.05, 4.69) is 20.5 Å². The maximum Gasteiger partial charge on any atom is 0.315 e. The Kier molecular flexibility index (Phi) is 5.65. The highest BCUT2D eigenvalue weighted by atomic mass is 16.5. The van der Waals surface area contributed by atoms with E-state index in [0.29, 0.717) is 13.1 Å². The number of aromatic nitrogens is 1. The molecule has 2 aliphatic rings. The first-order chi connectivity index (χ1) is 11.3. The summed E-state index contributed by atoms with van der Waals surface area (Å²) in [6.07, 6.45) is 4.07. The average Bonchev–Trinajstić information content (AvgIpc) is 3.13. The van der Waals surface area contributed by atoms with Crippen LogP contribution in [0.4, 0.5) is 10.6 Å². The summed E-state index contributed by atoms with van der Waals surface area (Å²) in [4.78, 5) is 18.4. The van der Waals surface area contributed by atoms with E-state index in [9.17, 15) is 4.79 Å². The molecule has 2 N–H and O–H groups in total. The normalized spacial score (nSPS) is 21.2. The van der Waals surface area contributed by atoms with Crippen LogP contribution in [0.5, 0.6) is 0 Å². The van der Waals surface area contributed by atoms with Gasteiger partial charge in [-0.2, -0.15) is 0 Å². The molecule has 0 unspecified atom stereocenters. The molecule has 2 aliphatic heterocycles. The fourth-order valence-electron chi connectivity index (χ4n) is 2.76. The number of rotatable bonds is 5. The topological polar surface area (TPSA) is 75.7 Å². The number of ether oxygens (including phenoxy) is 2. The zero-order valence-electron chi connectivity index (χ0n) is 13.3. The van der Waals surface area contributed by atoms with Gasteiger partial charge in [-0.05, 0) is 24.5 Å². The lowest BCUT2D eigenvalue weighted by molar-refractivity contribution is 0.111. The van der Waals surface area contributed by atoms with Gasteiger partial charge in [0.15, 0.2) is 0 Å². The lowest BCUT2D eigenvalue weighted by Crippen LogP contribution is -2.39. The second-order valence-corrected chi connectivity index (χ2v) is 5.82. The fourth-order valence-corrected chi connectivity index (χ4v) is 2.76. The van der Waals surface area contributed by atoms with Gasteiger partial charge in [0.25, 0.3) is 0 Å². The number of hydrogen-bond donors (Lipinski definition) is 2. The molecule has 0 spiro atoms. The van der Waals surface area contributed by atoms with Crippen molar-refractivity contribution in [1.82, 2.24) is 15.6 Å². The molecule has 1 aromatic heterocycles. The maximum absolute atomic E-state index is 11.8. The van der Waals surface area contributed by atoms with Crippen LogP contribution < -0.4 is 15.5 Å². The zero-order valence-corrected chi connectivity index (χ0v) is 13.3. The van der Waals surface area contributed by atoms with E-state index in [1.54, 1.807) is 0 Å². The van der Waals surface area contributed by atoms with Crippen LogP contribution in [0.1, 0.15) is 18.4 Å². The van der Waals surface area contributed by atoms with Crippen LogP contribution in [0.2, 0.25) is 0 Å². The highest BCUT2D eigenvalue weighted by Gasteiger charge is 2.16. The van der Waals surface area contributed by atoms with Crippen molar-refractivity contribution in [2.75, 3.05) is 44.4 Å². The molecule has 0 aromatic carbocycles. The summed E-state index contributed by atoms with van der Waals surface area (Å²) in [7, 11) is 0. The first-order valence-corrected chi connectivity index (χ1v) is 8.22. The molecule has 3 rings (SSSR count). The Morgan fingerprint density at radius 1 is 1.26 bits per heavy atom. The fraction of sp³-hybridized carbons (Fsp3) is 0.625. The standard InChI is InChI=1S/C16H24N4O3/c21-16(19-12-14-2-1-7-23-14)18-11-13-3-4-15(17-10-13)20-5-8-22-9-6-20/h3-4,10,14H,1-2,5-9,11-12H2,(H2,18,19,21)/t14-/m0/s1. The number of amides is 2. The summed E-state index contributed by atoms with van der Waals surface area (Å²) in [5, 5.41) is 5.68. The van der Waals surface area contributed by atoms with Crippen LogP contribution in [-0.2, 0) is 16.0 Å². The molecular formula is C16H24N4O3. The quantitative estimate of drug-likeness (QED) is 0.843. The van der Waals surface area contributed by atoms with Crippen LogP contribution in [0.15, 0.2) is 18.3 Å². The van der Waals surface area contributed by atoms with Crippen molar-refractivity contribution in [1.29, 1.82) is 0 Å². The number of morpholine rings is 1. The van der Waals surface area contributed by atoms with Crippen molar-refractivity contribution in [3.05, 3.63) is 23.9 Å².